The van der Waals surface area contributed by atoms with Crippen LogP contribution >= 0.6 is 34.0 Å². The van der Waals surface area contributed by atoms with Crippen molar-refractivity contribution in [2.24, 2.45) is 0 Å². The number of carbonyl (C=O) groups excluding carboxylic acids is 3. The quantitative estimate of drug-likeness (QED) is 0.0402. The molecule has 4 fully saturated rings. The predicted octanol–water partition coefficient (Wildman–Crippen LogP) is 7.35. The van der Waals surface area contributed by atoms with Crippen molar-refractivity contribution in [2.45, 2.75) is 82.2 Å². The fourth-order valence-electron chi connectivity index (χ4n) is 9.98. The van der Waals surface area contributed by atoms with Crippen LogP contribution in [0.25, 0.3) is 22.1 Å². The second kappa shape index (κ2) is 40.8. The Labute approximate surface area is 620 Å². The second-order valence-corrected chi connectivity index (χ2v) is 24.5. The monoisotopic (exact) mass is 1580 g/mol. The van der Waals surface area contributed by atoms with Crippen LogP contribution in [0.4, 0.5) is 33.6 Å². The number of aliphatic hydroxyl groups is 1. The molecule has 103 heavy (non-hydrogen) atoms. The number of alkyl halides is 2. The van der Waals surface area contributed by atoms with E-state index in [1.165, 1.54) is 75.6 Å². The zero-order valence-electron chi connectivity index (χ0n) is 55.9. The molecular formula is C68H70ClF8ILiN13O10S. The molecule has 6 aromatic heterocycles. The van der Waals surface area contributed by atoms with Crippen LogP contribution in [0.15, 0.2) is 147 Å². The number of ketones is 3. The molecule has 10 aromatic rings. The minimum atomic E-state index is -4.93. The number of nitrogens with one attached hydrogen (secondary N) is 2. The second-order valence-electron chi connectivity index (χ2n) is 22.2. The third-order valence-electron chi connectivity index (χ3n) is 15.5. The van der Waals surface area contributed by atoms with Gasteiger partial charge in [-0.25, -0.2) is 43.7 Å². The maximum absolute atomic E-state index is 15.4. The van der Waals surface area contributed by atoms with E-state index in [9.17, 15) is 53.8 Å². The van der Waals surface area contributed by atoms with Gasteiger partial charge in [0.2, 0.25) is 35.3 Å². The molecule has 0 bridgehead atoms. The number of rotatable bonds is 12. The summed E-state index contributed by atoms with van der Waals surface area (Å²) in [5.74, 6) is -0.850. The van der Waals surface area contributed by atoms with E-state index in [-0.39, 0.29) is 116 Å². The summed E-state index contributed by atoms with van der Waals surface area (Å²) in [7, 11) is 0. The largest absolute Gasteiger partial charge is 1.00 e. The first-order valence-electron chi connectivity index (χ1n) is 31.6. The average molecular weight is 1580 g/mol. The third-order valence-corrected chi connectivity index (χ3v) is 17.3. The molecule has 0 saturated carbocycles. The number of phenolic OH excluding ortho intramolecular Hbond substituents is 1. The topological polar surface area (TPSA) is 302 Å². The van der Waals surface area contributed by atoms with Gasteiger partial charge in [-0.15, -0.1) is 11.7 Å². The molecule has 0 radical (unpaired) electrons. The number of aromatic hydroxyl groups is 1. The maximum Gasteiger partial charge on any atom is 1.00 e. The number of hydrogen-bond donors (Lipinski definition) is 4. The van der Waals surface area contributed by atoms with Crippen LogP contribution in [0, 0.1) is 21.5 Å². The zero-order chi connectivity index (χ0) is 72.4. The van der Waals surface area contributed by atoms with Gasteiger partial charge in [-0.3, -0.25) is 29.3 Å². The van der Waals surface area contributed by atoms with Gasteiger partial charge in [-0.05, 0) is 95.4 Å². The molecule has 0 spiro atoms. The molecule has 0 aliphatic carbocycles. The van der Waals surface area contributed by atoms with E-state index >= 15 is 4.39 Å². The Kier molecular flexibility index (Phi) is 33.2. The molecular weight excluding hydrogens is 1510 g/mol. The molecule has 4 saturated heterocycles. The van der Waals surface area contributed by atoms with E-state index < -0.39 is 46.2 Å². The van der Waals surface area contributed by atoms with Crippen LogP contribution in [-0.2, 0) is 40.7 Å². The van der Waals surface area contributed by atoms with Gasteiger partial charge in [-0.1, -0.05) is 38.1 Å². The molecule has 0 unspecified atom stereocenters. The van der Waals surface area contributed by atoms with Crippen molar-refractivity contribution < 1.29 is 113 Å². The van der Waals surface area contributed by atoms with Crippen molar-refractivity contribution in [1.29, 1.82) is 0 Å². The number of nitrogens with zero attached hydrogens (tertiary/aromatic N) is 11. The maximum atomic E-state index is 15.4. The molecule has 23 nitrogen and oxygen atoms in total. The van der Waals surface area contributed by atoms with Crippen LogP contribution in [0.1, 0.15) is 115 Å². The number of aromatic amines is 2. The molecule has 10 heterocycles. The van der Waals surface area contributed by atoms with Crippen LogP contribution in [0.5, 0.6) is 17.4 Å². The van der Waals surface area contributed by atoms with Gasteiger partial charge < -0.3 is 56.3 Å². The number of H-pyrrole nitrogens is 2. The number of carbonyl (C=O) groups is 3. The normalized spacial score (nSPS) is 15.7. The van der Waals surface area contributed by atoms with E-state index in [0.717, 1.165) is 22.1 Å². The van der Waals surface area contributed by atoms with Gasteiger partial charge in [0.15, 0.2) is 26.7 Å². The standard InChI is InChI=1S/C23H19FN4O3.C14H10N2O2.C9H10F2N2O.C9H11FN2O2.C5H8O2.C4H10F3NS.C4H2FIN2.ClH.Li/c24-23(9-13-30-14-10-23)20-22(26-12-11-25-20)31-16-7-5-15(6-8-16)19(29)21-27-17-3-1-2-4-18(17)28-21;17-10-7-5-9(6-8-10)13(18)14-15-11-3-1-2-4-12(11)16-14;10-8-7(12-3-4-13-8)9(11)1-5-14-6-2-9;10-8-7(11-3-4-12-8)9(13)1-5-14-6-2-9;6-5-1-3-7-4-2-5;1-3-8(4-2)9(5,6)7;5-3-4(6)8-2-1-7-3;;/h1-8,11-12H,9-10,13-14H2,(H,27,28);1-8,17H,(H,15,16);3-4H,1-2,5-6H2;3-4,13H,1-2,5-6H2;1-4H2;3-4H2,1-2H3;1-2H;1H;/q;;;;;;;;+1/p-1. The summed E-state index contributed by atoms with van der Waals surface area (Å²) >= 11 is -3.16. The molecule has 0 atom stereocenters. The summed E-state index contributed by atoms with van der Waals surface area (Å²) in [5, 5.41) is 19.3. The van der Waals surface area contributed by atoms with Crippen molar-refractivity contribution in [3.8, 4) is 17.4 Å². The minimum absolute atomic E-state index is 0. The smallest absolute Gasteiger partial charge is 1.00 e. The summed E-state index contributed by atoms with van der Waals surface area (Å²) < 4.78 is 130. The van der Waals surface area contributed by atoms with Crippen LogP contribution in [0.3, 0.4) is 0 Å². The third kappa shape index (κ3) is 24.5. The van der Waals surface area contributed by atoms with Gasteiger partial charge in [0.1, 0.15) is 40.0 Å². The molecule has 4 N–H and O–H groups in total. The van der Waals surface area contributed by atoms with Crippen molar-refractivity contribution in [3.05, 3.63) is 208 Å². The number of hydrogen-bond acceptors (Lipinski definition) is 21. The van der Waals surface area contributed by atoms with Gasteiger partial charge in [0.05, 0.1) is 61.7 Å². The minimum Gasteiger partial charge on any atom is -1.00 e. The first kappa shape index (κ1) is 83.9. The molecule has 14 rings (SSSR count). The summed E-state index contributed by atoms with van der Waals surface area (Å²) in [5.41, 5.74) is -0.481. The van der Waals surface area contributed by atoms with Gasteiger partial charge >= 0.3 is 18.9 Å². The number of aromatic nitrogens is 12. The summed E-state index contributed by atoms with van der Waals surface area (Å²) in [6.45, 7) is 6.50. The Balaban J connectivity index is 0.000000201. The fraction of sp³-hybridized carbons (Fsp3) is 0.338. The fourth-order valence-corrected chi connectivity index (χ4v) is 10.9. The van der Waals surface area contributed by atoms with E-state index in [0.29, 0.717) is 115 Å². The van der Waals surface area contributed by atoms with E-state index in [2.05, 4.69) is 59.8 Å². The number of ether oxygens (including phenoxy) is 5. The number of halogens is 10. The van der Waals surface area contributed by atoms with Gasteiger partial charge in [0.25, 0.3) is 11.4 Å². The van der Waals surface area contributed by atoms with Crippen molar-refractivity contribution in [2.75, 3.05) is 65.9 Å². The molecule has 35 heteroatoms. The number of imidazole rings is 2. The molecule has 4 aromatic carbocycles. The first-order chi connectivity index (χ1) is 48.5. The molecule has 0 amide bonds. The number of para-hydroxylation sites is 4. The van der Waals surface area contributed by atoms with Crippen molar-refractivity contribution in [1.82, 2.24) is 64.1 Å². The Bertz CT molecular complexity index is 4140. The van der Waals surface area contributed by atoms with E-state index in [4.69, 9.17) is 23.7 Å². The Morgan fingerprint density at radius 2 is 0.932 bits per heavy atom. The number of Topliss-reactive ketones (excluding diaryl/α,β-unsaturated/α-hetero) is 1. The number of phenols is 1. The SMILES string of the molecule is CCN(CC)S(F)(F)F.Fc1nccnc1C1(F)CCOCC1.Fc1nccnc1I.O=C(c1ccc(O)cc1)c1nc2ccccc2[nH]1.O=C(c1ccc(Oc2nccnc2C2(F)CCOCC2)cc1)c1nc2ccccc2[nH]1.O=C1CCOCC1.OC1(c2nccnc2F)CCOCC1.[Cl-].[Li+]. The summed E-state index contributed by atoms with van der Waals surface area (Å²) in [6.07, 6.45) is 13.5. The zero-order valence-corrected chi connectivity index (χ0v) is 59.6. The number of benzene rings is 4. The Hall–Kier alpha value is -8.08. The Morgan fingerprint density at radius 3 is 1.33 bits per heavy atom. The molecule has 4 aliphatic rings. The van der Waals surface area contributed by atoms with Crippen LogP contribution in [-0.4, -0.2) is 158 Å². The van der Waals surface area contributed by atoms with Crippen LogP contribution < -0.4 is 36.0 Å². The van der Waals surface area contributed by atoms with Crippen LogP contribution in [0.2, 0.25) is 0 Å². The first-order valence-corrected chi connectivity index (χ1v) is 33.9. The number of fused-ring (bicyclic) bond motifs is 2. The summed E-state index contributed by atoms with van der Waals surface area (Å²) in [6, 6.07) is 27.6. The van der Waals surface area contributed by atoms with Gasteiger partial charge in [-0.2, -0.15) is 17.5 Å². The predicted molar refractivity (Wildman–Crippen MR) is 363 cm³/mol. The average Bonchev–Trinajstić information content (AvgIpc) is 1.40. The molecule has 544 valence electrons. The summed E-state index contributed by atoms with van der Waals surface area (Å²) in [4.78, 5) is 79.6. The van der Waals surface area contributed by atoms with E-state index in [1.807, 2.05) is 48.5 Å². The van der Waals surface area contributed by atoms with E-state index in [1.54, 1.807) is 59.0 Å². The van der Waals surface area contributed by atoms with Crippen molar-refractivity contribution in [3.63, 3.8) is 0 Å². The molecule has 4 aliphatic heterocycles. The Morgan fingerprint density at radius 1 is 0.544 bits per heavy atom. The van der Waals surface area contributed by atoms with Crippen molar-refractivity contribution >= 4 is 73.4 Å². The van der Waals surface area contributed by atoms with Gasteiger partial charge in [0, 0.05) is 138 Å².